The summed E-state index contributed by atoms with van der Waals surface area (Å²) in [5, 5.41) is -0.245. The minimum atomic E-state index is -0.686. The zero-order valence-corrected chi connectivity index (χ0v) is 9.45. The van der Waals surface area contributed by atoms with Crippen LogP contribution in [0, 0.1) is 5.82 Å². The lowest BCUT2D eigenvalue weighted by molar-refractivity contribution is 0.0967. The summed E-state index contributed by atoms with van der Waals surface area (Å²) >= 11 is 8.73. The molecule has 1 aliphatic carbocycles. The zero-order chi connectivity index (χ0) is 10.3. The van der Waals surface area contributed by atoms with E-state index in [4.69, 9.17) is 11.6 Å². The lowest BCUT2D eigenvalue weighted by Crippen LogP contribution is -2.15. The van der Waals surface area contributed by atoms with Gasteiger partial charge >= 0.3 is 0 Å². The third-order valence-corrected chi connectivity index (χ3v) is 3.16. The van der Waals surface area contributed by atoms with Gasteiger partial charge in [0.05, 0.1) is 5.56 Å². The molecule has 0 atom stereocenters. The second kappa shape index (κ2) is 3.59. The summed E-state index contributed by atoms with van der Waals surface area (Å²) in [6.07, 6.45) is 1.80. The van der Waals surface area contributed by atoms with Crippen LogP contribution >= 0.6 is 27.5 Å². The highest BCUT2D eigenvalue weighted by atomic mass is 79.9. The highest BCUT2D eigenvalue weighted by Crippen LogP contribution is 2.31. The van der Waals surface area contributed by atoms with E-state index in [1.807, 2.05) is 0 Å². The summed E-state index contributed by atoms with van der Waals surface area (Å²) in [5.74, 6) is -0.872. The summed E-state index contributed by atoms with van der Waals surface area (Å²) in [5.41, 5.74) is 0.756. The first-order valence-electron chi connectivity index (χ1n) is 4.18. The predicted molar refractivity (Wildman–Crippen MR) is 54.2 cm³/mol. The van der Waals surface area contributed by atoms with E-state index in [0.29, 0.717) is 23.0 Å². The number of aromatic nitrogens is 1. The van der Waals surface area contributed by atoms with E-state index in [-0.39, 0.29) is 16.5 Å². The number of pyridine rings is 1. The lowest BCUT2D eigenvalue weighted by Gasteiger charge is -2.16. The average molecular weight is 279 g/mol. The summed E-state index contributed by atoms with van der Waals surface area (Å²) in [7, 11) is 0. The molecule has 0 bridgehead atoms. The molecule has 14 heavy (non-hydrogen) atoms. The van der Waals surface area contributed by atoms with Gasteiger partial charge in [0.15, 0.2) is 16.8 Å². The molecule has 1 aromatic heterocycles. The van der Waals surface area contributed by atoms with Crippen molar-refractivity contribution in [2.75, 3.05) is 0 Å². The van der Waals surface area contributed by atoms with Crippen molar-refractivity contribution in [2.45, 2.75) is 19.3 Å². The number of Topliss-reactive ketones (excluding diaryl/α,β-unsaturated/α-hetero) is 1. The number of rotatable bonds is 0. The van der Waals surface area contributed by atoms with Crippen LogP contribution in [0.4, 0.5) is 4.39 Å². The van der Waals surface area contributed by atoms with Crippen LogP contribution in [-0.4, -0.2) is 10.8 Å². The molecule has 1 heterocycles. The van der Waals surface area contributed by atoms with Gasteiger partial charge in [-0.1, -0.05) is 11.6 Å². The predicted octanol–water partition coefficient (Wildman–Crippen LogP) is 3.16. The van der Waals surface area contributed by atoms with Crippen LogP contribution in [-0.2, 0) is 6.42 Å². The molecule has 0 aliphatic heterocycles. The number of hydrogen-bond donors (Lipinski definition) is 0. The van der Waals surface area contributed by atoms with Crippen molar-refractivity contribution in [3.8, 4) is 0 Å². The zero-order valence-electron chi connectivity index (χ0n) is 7.11. The fourth-order valence-electron chi connectivity index (χ4n) is 1.61. The van der Waals surface area contributed by atoms with Gasteiger partial charge in [-0.05, 0) is 34.3 Å². The standard InChI is InChI=1S/C9H6BrClFNO/c10-8-4-2-1-3-5(14)6(4)7(12)9(11)13-8/h1-3H2. The number of carbonyl (C=O) groups is 1. The van der Waals surface area contributed by atoms with E-state index >= 15 is 0 Å². The smallest absolute Gasteiger partial charge is 0.171 e. The third-order valence-electron chi connectivity index (χ3n) is 2.26. The Morgan fingerprint density at radius 3 is 2.86 bits per heavy atom. The summed E-state index contributed by atoms with van der Waals surface area (Å²) in [4.78, 5) is 15.2. The number of hydrogen-bond acceptors (Lipinski definition) is 2. The maximum absolute atomic E-state index is 13.5. The molecule has 0 saturated heterocycles. The van der Waals surface area contributed by atoms with Crippen LogP contribution in [0.15, 0.2) is 4.60 Å². The topological polar surface area (TPSA) is 30.0 Å². The van der Waals surface area contributed by atoms with Crippen molar-refractivity contribution < 1.29 is 9.18 Å². The largest absolute Gasteiger partial charge is 0.294 e. The van der Waals surface area contributed by atoms with E-state index in [1.54, 1.807) is 0 Å². The maximum Gasteiger partial charge on any atom is 0.171 e. The molecule has 0 spiro atoms. The van der Waals surface area contributed by atoms with Crippen LogP contribution in [0.3, 0.4) is 0 Å². The summed E-state index contributed by atoms with van der Waals surface area (Å²) in [6.45, 7) is 0. The number of nitrogens with zero attached hydrogens (tertiary/aromatic N) is 1. The van der Waals surface area contributed by atoms with E-state index in [0.717, 1.165) is 6.42 Å². The molecular weight excluding hydrogens is 272 g/mol. The second-order valence-corrected chi connectivity index (χ2v) is 4.25. The van der Waals surface area contributed by atoms with Crippen LogP contribution in [0.25, 0.3) is 0 Å². The monoisotopic (exact) mass is 277 g/mol. The molecule has 1 aromatic rings. The Hall–Kier alpha value is -0.480. The molecule has 0 amide bonds. The van der Waals surface area contributed by atoms with Gasteiger partial charge in [-0.2, -0.15) is 0 Å². The second-order valence-electron chi connectivity index (χ2n) is 3.14. The van der Waals surface area contributed by atoms with Crippen LogP contribution in [0.5, 0.6) is 0 Å². The van der Waals surface area contributed by atoms with Crippen molar-refractivity contribution in [3.63, 3.8) is 0 Å². The van der Waals surface area contributed by atoms with Gasteiger partial charge in [-0.25, -0.2) is 9.37 Å². The van der Waals surface area contributed by atoms with Gasteiger partial charge in [-0.3, -0.25) is 4.79 Å². The molecular formula is C9H6BrClFNO. The van der Waals surface area contributed by atoms with Crippen molar-refractivity contribution >= 4 is 33.3 Å². The van der Waals surface area contributed by atoms with Crippen LogP contribution in [0.1, 0.15) is 28.8 Å². The minimum Gasteiger partial charge on any atom is -0.294 e. The van der Waals surface area contributed by atoms with Crippen molar-refractivity contribution in [1.29, 1.82) is 0 Å². The lowest BCUT2D eigenvalue weighted by atomic mass is 9.92. The molecule has 5 heteroatoms. The fraction of sp³-hybridized carbons (Fsp3) is 0.333. The quantitative estimate of drug-likeness (QED) is 0.682. The van der Waals surface area contributed by atoms with E-state index in [2.05, 4.69) is 20.9 Å². The van der Waals surface area contributed by atoms with Gasteiger partial charge in [0.1, 0.15) is 4.60 Å². The molecule has 2 nitrogen and oxygen atoms in total. The van der Waals surface area contributed by atoms with Gasteiger partial charge in [0.25, 0.3) is 0 Å². The van der Waals surface area contributed by atoms with Gasteiger partial charge in [-0.15, -0.1) is 0 Å². The SMILES string of the molecule is O=C1CCCc2c(Br)nc(Cl)c(F)c21. The fourth-order valence-corrected chi connectivity index (χ4v) is 2.47. The molecule has 0 radical (unpaired) electrons. The molecule has 0 unspecified atom stereocenters. The van der Waals surface area contributed by atoms with Gasteiger partial charge in [0.2, 0.25) is 0 Å². The van der Waals surface area contributed by atoms with Crippen molar-refractivity contribution in [2.24, 2.45) is 0 Å². The first-order valence-corrected chi connectivity index (χ1v) is 5.35. The van der Waals surface area contributed by atoms with Crippen molar-refractivity contribution in [1.82, 2.24) is 4.98 Å². The molecule has 1 aliphatic rings. The van der Waals surface area contributed by atoms with E-state index < -0.39 is 5.82 Å². The first-order chi connectivity index (χ1) is 6.61. The third kappa shape index (κ3) is 1.46. The first kappa shape index (κ1) is 10.1. The Morgan fingerprint density at radius 1 is 1.43 bits per heavy atom. The van der Waals surface area contributed by atoms with Crippen LogP contribution < -0.4 is 0 Å². The van der Waals surface area contributed by atoms with Gasteiger partial charge < -0.3 is 0 Å². The highest BCUT2D eigenvalue weighted by molar-refractivity contribution is 9.10. The number of carbonyl (C=O) groups excluding carboxylic acids is 1. The van der Waals surface area contributed by atoms with Crippen LogP contribution in [0.2, 0.25) is 5.15 Å². The molecule has 2 rings (SSSR count). The summed E-state index contributed by atoms with van der Waals surface area (Å²) in [6, 6.07) is 0. The highest BCUT2D eigenvalue weighted by Gasteiger charge is 2.26. The number of ketones is 1. The molecule has 0 saturated carbocycles. The Bertz CT molecular complexity index is 422. The summed E-state index contributed by atoms with van der Waals surface area (Å²) < 4.78 is 14.0. The number of halogens is 3. The minimum absolute atomic E-state index is 0.114. The Morgan fingerprint density at radius 2 is 2.14 bits per heavy atom. The maximum atomic E-state index is 13.5. The Kier molecular flexibility index (Phi) is 2.58. The van der Waals surface area contributed by atoms with E-state index in [9.17, 15) is 9.18 Å². The Balaban J connectivity index is 2.73. The number of fused-ring (bicyclic) bond motifs is 1. The molecule has 0 fully saturated rings. The molecule has 0 N–H and O–H groups in total. The molecule has 0 aromatic carbocycles. The normalized spacial score (nSPS) is 15.5. The van der Waals surface area contributed by atoms with E-state index in [1.165, 1.54) is 0 Å². The van der Waals surface area contributed by atoms with Gasteiger partial charge in [0, 0.05) is 6.42 Å². The molecule has 74 valence electrons. The Labute approximate surface area is 93.6 Å². The average Bonchev–Trinajstić information content (AvgIpc) is 2.14. The van der Waals surface area contributed by atoms with Crippen molar-refractivity contribution in [3.05, 3.63) is 26.7 Å².